The van der Waals surface area contributed by atoms with Crippen LogP contribution in [0, 0.1) is 0 Å². The number of hydrogen-bond acceptors (Lipinski definition) is 3. The maximum absolute atomic E-state index is 12.6. The number of carbonyl (C=O) groups is 1. The molecule has 1 aliphatic rings. The lowest BCUT2D eigenvalue weighted by molar-refractivity contribution is 0.0613. The van der Waals surface area contributed by atoms with Crippen LogP contribution in [0.1, 0.15) is 24.2 Å². The maximum Gasteiger partial charge on any atom is 0.257 e. The van der Waals surface area contributed by atoms with Crippen LogP contribution in [-0.4, -0.2) is 43.1 Å². The Morgan fingerprint density at radius 2 is 2.21 bits per heavy atom. The largest absolute Gasteiger partial charge is 0.496 e. The second-order valence-corrected chi connectivity index (χ2v) is 5.40. The van der Waals surface area contributed by atoms with Crippen LogP contribution in [0.25, 0.3) is 0 Å². The van der Waals surface area contributed by atoms with Crippen LogP contribution in [0.2, 0.25) is 5.02 Å². The molecule has 0 saturated carbocycles. The Morgan fingerprint density at radius 1 is 1.47 bits per heavy atom. The van der Waals surface area contributed by atoms with E-state index in [9.17, 15) is 4.79 Å². The van der Waals surface area contributed by atoms with Crippen molar-refractivity contribution < 1.29 is 9.53 Å². The Hall–Kier alpha value is -1.26. The minimum absolute atomic E-state index is 0.00522. The molecule has 1 heterocycles. The average molecular weight is 283 g/mol. The van der Waals surface area contributed by atoms with Crippen molar-refractivity contribution in [2.75, 3.05) is 20.2 Å². The van der Waals surface area contributed by atoms with E-state index >= 15 is 0 Å². The predicted octanol–water partition coefficient (Wildman–Crippen LogP) is 2.17. The molecule has 5 heteroatoms. The number of methoxy groups -OCH3 is 1. The van der Waals surface area contributed by atoms with Crippen molar-refractivity contribution in [3.05, 3.63) is 28.8 Å². The van der Waals surface area contributed by atoms with Gasteiger partial charge in [-0.2, -0.15) is 0 Å². The molecule has 1 fully saturated rings. The van der Waals surface area contributed by atoms with E-state index in [0.29, 0.717) is 28.9 Å². The van der Waals surface area contributed by atoms with Crippen molar-refractivity contribution >= 4 is 17.5 Å². The lowest BCUT2D eigenvalue weighted by atomic mass is 10.1. The van der Waals surface area contributed by atoms with E-state index in [1.807, 2.05) is 11.8 Å². The van der Waals surface area contributed by atoms with Crippen LogP contribution >= 0.6 is 11.6 Å². The number of rotatable bonds is 2. The van der Waals surface area contributed by atoms with Gasteiger partial charge in [-0.3, -0.25) is 4.79 Å². The minimum atomic E-state index is -0.00522. The molecule has 4 nitrogen and oxygen atoms in total. The second kappa shape index (κ2) is 5.80. The fourth-order valence-corrected chi connectivity index (χ4v) is 2.46. The van der Waals surface area contributed by atoms with E-state index < -0.39 is 0 Å². The molecule has 0 aliphatic carbocycles. The third kappa shape index (κ3) is 3.01. The number of nitrogens with one attached hydrogen (secondary N) is 1. The van der Waals surface area contributed by atoms with Gasteiger partial charge < -0.3 is 15.0 Å². The molecule has 0 bridgehead atoms. The standard InChI is InChI=1S/C14H19ClN2O2/c1-9-8-17(10(2)7-16-9)14(18)12-5-4-11(15)6-13(12)19-3/h4-6,9-10,16H,7-8H2,1-3H3. The maximum atomic E-state index is 12.6. The van der Waals surface area contributed by atoms with Gasteiger partial charge in [-0.15, -0.1) is 0 Å². The van der Waals surface area contributed by atoms with Crippen LogP contribution in [0.15, 0.2) is 18.2 Å². The SMILES string of the molecule is COc1cc(Cl)ccc1C(=O)N1CC(C)NCC1C. The number of amides is 1. The van der Waals surface area contributed by atoms with Crippen molar-refractivity contribution in [3.8, 4) is 5.75 Å². The van der Waals surface area contributed by atoms with Gasteiger partial charge in [0.05, 0.1) is 12.7 Å². The zero-order valence-corrected chi connectivity index (χ0v) is 12.2. The number of benzene rings is 1. The molecular weight excluding hydrogens is 264 g/mol. The van der Waals surface area contributed by atoms with Crippen LogP contribution in [0.4, 0.5) is 0 Å². The summed E-state index contributed by atoms with van der Waals surface area (Å²) in [6.07, 6.45) is 0. The van der Waals surface area contributed by atoms with E-state index in [4.69, 9.17) is 16.3 Å². The molecule has 1 aromatic carbocycles. The van der Waals surface area contributed by atoms with Crippen LogP contribution in [0.3, 0.4) is 0 Å². The van der Waals surface area contributed by atoms with E-state index in [0.717, 1.165) is 6.54 Å². The van der Waals surface area contributed by atoms with Gasteiger partial charge in [0.2, 0.25) is 0 Å². The third-order valence-electron chi connectivity index (χ3n) is 3.42. The monoisotopic (exact) mass is 282 g/mol. The average Bonchev–Trinajstić information content (AvgIpc) is 2.40. The first kappa shape index (κ1) is 14.2. The molecule has 19 heavy (non-hydrogen) atoms. The fourth-order valence-electron chi connectivity index (χ4n) is 2.30. The first-order chi connectivity index (χ1) is 9.02. The number of hydrogen-bond donors (Lipinski definition) is 1. The smallest absolute Gasteiger partial charge is 0.257 e. The summed E-state index contributed by atoms with van der Waals surface area (Å²) in [5.74, 6) is 0.519. The number of piperazine rings is 1. The first-order valence-electron chi connectivity index (χ1n) is 6.40. The highest BCUT2D eigenvalue weighted by atomic mass is 35.5. The molecule has 2 rings (SSSR count). The third-order valence-corrected chi connectivity index (χ3v) is 3.65. The van der Waals surface area contributed by atoms with Gasteiger partial charge in [0.15, 0.2) is 0 Å². The Morgan fingerprint density at radius 3 is 2.89 bits per heavy atom. The van der Waals surface area contributed by atoms with Crippen LogP contribution in [-0.2, 0) is 0 Å². The van der Waals surface area contributed by atoms with Crippen molar-refractivity contribution in [2.24, 2.45) is 0 Å². The van der Waals surface area contributed by atoms with Crippen molar-refractivity contribution in [1.82, 2.24) is 10.2 Å². The molecule has 1 aliphatic heterocycles. The lowest BCUT2D eigenvalue weighted by Gasteiger charge is -2.37. The summed E-state index contributed by atoms with van der Waals surface area (Å²) in [5.41, 5.74) is 0.563. The molecular formula is C14H19ClN2O2. The summed E-state index contributed by atoms with van der Waals surface area (Å²) < 4.78 is 5.25. The first-order valence-corrected chi connectivity index (χ1v) is 6.78. The summed E-state index contributed by atoms with van der Waals surface area (Å²) in [4.78, 5) is 14.5. The van der Waals surface area contributed by atoms with Crippen LogP contribution in [0.5, 0.6) is 5.75 Å². The summed E-state index contributed by atoms with van der Waals surface area (Å²) in [6, 6.07) is 5.59. The number of nitrogens with zero attached hydrogens (tertiary/aromatic N) is 1. The molecule has 1 N–H and O–H groups in total. The Labute approximate surface area is 118 Å². The quantitative estimate of drug-likeness (QED) is 0.904. The van der Waals surface area contributed by atoms with Gasteiger partial charge in [-0.05, 0) is 32.0 Å². The molecule has 1 amide bonds. The summed E-state index contributed by atoms with van der Waals surface area (Å²) >= 11 is 5.92. The van der Waals surface area contributed by atoms with Gasteiger partial charge >= 0.3 is 0 Å². The van der Waals surface area contributed by atoms with E-state index in [1.165, 1.54) is 0 Å². The molecule has 2 unspecified atom stereocenters. The number of carbonyl (C=O) groups excluding carboxylic acids is 1. The predicted molar refractivity (Wildman–Crippen MR) is 76.0 cm³/mol. The van der Waals surface area contributed by atoms with Crippen molar-refractivity contribution in [3.63, 3.8) is 0 Å². The minimum Gasteiger partial charge on any atom is -0.496 e. The summed E-state index contributed by atoms with van der Waals surface area (Å²) in [5, 5.41) is 3.92. The summed E-state index contributed by atoms with van der Waals surface area (Å²) in [7, 11) is 1.55. The zero-order chi connectivity index (χ0) is 14.0. The highest BCUT2D eigenvalue weighted by Gasteiger charge is 2.28. The molecule has 0 spiro atoms. The van der Waals surface area contributed by atoms with Gasteiger partial charge in [0.1, 0.15) is 5.75 Å². The molecule has 2 atom stereocenters. The van der Waals surface area contributed by atoms with E-state index in [2.05, 4.69) is 12.2 Å². The van der Waals surface area contributed by atoms with Gasteiger partial charge in [-0.25, -0.2) is 0 Å². The second-order valence-electron chi connectivity index (χ2n) is 4.96. The molecule has 1 aromatic rings. The van der Waals surface area contributed by atoms with E-state index in [-0.39, 0.29) is 11.9 Å². The number of ether oxygens (including phenoxy) is 1. The molecule has 0 radical (unpaired) electrons. The molecule has 0 aromatic heterocycles. The number of halogens is 1. The molecule has 104 valence electrons. The van der Waals surface area contributed by atoms with Gasteiger partial charge in [0, 0.05) is 30.2 Å². The van der Waals surface area contributed by atoms with Crippen molar-refractivity contribution in [2.45, 2.75) is 25.9 Å². The fraction of sp³-hybridized carbons (Fsp3) is 0.500. The van der Waals surface area contributed by atoms with Crippen LogP contribution < -0.4 is 10.1 Å². The zero-order valence-electron chi connectivity index (χ0n) is 11.4. The summed E-state index contributed by atoms with van der Waals surface area (Å²) in [6.45, 7) is 5.62. The van der Waals surface area contributed by atoms with Gasteiger partial charge in [0.25, 0.3) is 5.91 Å². The normalized spacial score (nSPS) is 23.3. The lowest BCUT2D eigenvalue weighted by Crippen LogP contribution is -2.56. The van der Waals surface area contributed by atoms with Gasteiger partial charge in [-0.1, -0.05) is 11.6 Å². The highest BCUT2D eigenvalue weighted by Crippen LogP contribution is 2.25. The Balaban J connectivity index is 2.28. The molecule has 1 saturated heterocycles. The Kier molecular flexibility index (Phi) is 4.32. The highest BCUT2D eigenvalue weighted by molar-refractivity contribution is 6.30. The van der Waals surface area contributed by atoms with Crippen molar-refractivity contribution in [1.29, 1.82) is 0 Å². The Bertz CT molecular complexity index is 479. The van der Waals surface area contributed by atoms with E-state index in [1.54, 1.807) is 25.3 Å². The topological polar surface area (TPSA) is 41.6 Å².